The maximum absolute atomic E-state index is 10.5. The van der Waals surface area contributed by atoms with E-state index in [1.807, 2.05) is 0 Å². The van der Waals surface area contributed by atoms with Crippen molar-refractivity contribution in [2.45, 2.75) is 51.5 Å². The van der Waals surface area contributed by atoms with Crippen LogP contribution >= 0.6 is 8.25 Å². The summed E-state index contributed by atoms with van der Waals surface area (Å²) in [6, 6.07) is 23.9. The second-order valence-corrected chi connectivity index (χ2v) is 8.66. The number of fused-ring (bicyclic) bond motifs is 1. The number of unbranched alkanes of at least 4 members (excludes halogenated alkanes) is 3. The van der Waals surface area contributed by atoms with Crippen LogP contribution in [0, 0.1) is 0 Å². The summed E-state index contributed by atoms with van der Waals surface area (Å²) in [7, 11) is -2.49. The molecule has 31 heavy (non-hydrogen) atoms. The number of hydrogen-bond acceptors (Lipinski definition) is 3. The van der Waals surface area contributed by atoms with Gasteiger partial charge in [-0.2, -0.15) is 0 Å². The molecule has 3 aromatic rings. The highest BCUT2D eigenvalue weighted by molar-refractivity contribution is 7.32. The molecule has 1 unspecified atom stereocenters. The average Bonchev–Trinajstić information content (AvgIpc) is 2.79. The number of rotatable bonds is 14. The first kappa shape index (κ1) is 23.6. The second kappa shape index (κ2) is 13.3. The van der Waals surface area contributed by atoms with E-state index in [0.29, 0.717) is 13.0 Å². The summed E-state index contributed by atoms with van der Waals surface area (Å²) in [5, 5.41) is 6.08. The molecule has 0 radical (unpaired) electrons. The van der Waals surface area contributed by atoms with Crippen LogP contribution in [-0.2, 0) is 28.5 Å². The van der Waals surface area contributed by atoms with Crippen LogP contribution in [0.3, 0.4) is 0 Å². The topological polar surface area (TPSA) is 58.6 Å². The molecule has 0 saturated carbocycles. The van der Waals surface area contributed by atoms with Gasteiger partial charge in [-0.1, -0.05) is 79.6 Å². The Morgan fingerprint density at radius 2 is 1.39 bits per heavy atom. The van der Waals surface area contributed by atoms with Gasteiger partial charge in [0.1, 0.15) is 6.61 Å². The SMILES string of the molecule is O=[P+](O)OCCCNCc1ccc(CCCCCCc2ccccc2)c2ccccc12. The lowest BCUT2D eigenvalue weighted by Gasteiger charge is -2.12. The predicted octanol–water partition coefficient (Wildman–Crippen LogP) is 6.33. The van der Waals surface area contributed by atoms with Crippen LogP contribution in [0.4, 0.5) is 0 Å². The third-order valence-electron chi connectivity index (χ3n) is 5.62. The lowest BCUT2D eigenvalue weighted by Crippen LogP contribution is -2.16. The van der Waals surface area contributed by atoms with Gasteiger partial charge in [0.2, 0.25) is 0 Å². The fraction of sp³-hybridized carbons (Fsp3) is 0.385. The number of nitrogens with one attached hydrogen (secondary N) is 1. The van der Waals surface area contributed by atoms with Crippen molar-refractivity contribution >= 4 is 19.0 Å². The highest BCUT2D eigenvalue weighted by Crippen LogP contribution is 2.25. The molecule has 164 valence electrons. The Hall–Kier alpha value is -2.10. The molecule has 0 saturated heterocycles. The van der Waals surface area contributed by atoms with Gasteiger partial charge in [0.15, 0.2) is 0 Å². The molecule has 3 aromatic carbocycles. The minimum Gasteiger partial charge on any atom is -0.313 e. The molecule has 0 aromatic heterocycles. The zero-order valence-corrected chi connectivity index (χ0v) is 19.0. The molecule has 5 heteroatoms. The summed E-state index contributed by atoms with van der Waals surface area (Å²) < 4.78 is 15.2. The van der Waals surface area contributed by atoms with Crippen molar-refractivity contribution in [3.05, 3.63) is 83.4 Å². The first-order valence-corrected chi connectivity index (χ1v) is 12.4. The molecular formula is C26H33NO3P+. The van der Waals surface area contributed by atoms with Gasteiger partial charge in [0, 0.05) is 11.1 Å². The average molecular weight is 439 g/mol. The van der Waals surface area contributed by atoms with Crippen molar-refractivity contribution < 1.29 is 14.0 Å². The van der Waals surface area contributed by atoms with Crippen LogP contribution in [0.2, 0.25) is 0 Å². The third kappa shape index (κ3) is 8.16. The third-order valence-corrected chi connectivity index (χ3v) is 6.03. The van der Waals surface area contributed by atoms with Gasteiger partial charge in [-0.25, -0.2) is 0 Å². The fourth-order valence-electron chi connectivity index (χ4n) is 4.00. The number of benzene rings is 3. The summed E-state index contributed by atoms with van der Waals surface area (Å²) in [6.07, 6.45) is 8.04. The Kier molecular flexibility index (Phi) is 10.1. The Balaban J connectivity index is 1.44. The molecular weight excluding hydrogens is 405 g/mol. The van der Waals surface area contributed by atoms with Gasteiger partial charge in [-0.05, 0) is 66.1 Å². The van der Waals surface area contributed by atoms with E-state index >= 15 is 0 Å². The van der Waals surface area contributed by atoms with Crippen molar-refractivity contribution in [1.82, 2.24) is 5.32 Å². The highest BCUT2D eigenvalue weighted by Gasteiger charge is 2.10. The van der Waals surface area contributed by atoms with Crippen LogP contribution < -0.4 is 5.32 Å². The Bertz CT molecular complexity index is 946. The van der Waals surface area contributed by atoms with Crippen molar-refractivity contribution in [2.75, 3.05) is 13.2 Å². The van der Waals surface area contributed by atoms with Gasteiger partial charge < -0.3 is 5.32 Å². The van der Waals surface area contributed by atoms with Crippen LogP contribution in [0.5, 0.6) is 0 Å². The zero-order valence-electron chi connectivity index (χ0n) is 18.1. The molecule has 0 amide bonds. The molecule has 3 rings (SSSR count). The summed E-state index contributed by atoms with van der Waals surface area (Å²) in [5.41, 5.74) is 4.16. The van der Waals surface area contributed by atoms with E-state index in [0.717, 1.165) is 19.5 Å². The second-order valence-electron chi connectivity index (χ2n) is 7.93. The quantitative estimate of drug-likeness (QED) is 0.228. The first-order chi connectivity index (χ1) is 15.2. The van der Waals surface area contributed by atoms with Crippen LogP contribution in [0.1, 0.15) is 48.8 Å². The molecule has 2 N–H and O–H groups in total. The van der Waals surface area contributed by atoms with Crippen LogP contribution in [0.25, 0.3) is 10.8 Å². The van der Waals surface area contributed by atoms with E-state index in [4.69, 9.17) is 4.89 Å². The molecule has 1 atom stereocenters. The van der Waals surface area contributed by atoms with Crippen LogP contribution in [-0.4, -0.2) is 18.0 Å². The van der Waals surface area contributed by atoms with Crippen LogP contribution in [0.15, 0.2) is 66.7 Å². The smallest absolute Gasteiger partial charge is 0.313 e. The molecule has 0 fully saturated rings. The van der Waals surface area contributed by atoms with E-state index in [1.54, 1.807) is 0 Å². The van der Waals surface area contributed by atoms with E-state index < -0.39 is 8.25 Å². The van der Waals surface area contributed by atoms with Gasteiger partial charge in [0.25, 0.3) is 0 Å². The Labute approximate surface area is 186 Å². The van der Waals surface area contributed by atoms with Crippen molar-refractivity contribution in [2.24, 2.45) is 0 Å². The Morgan fingerprint density at radius 3 is 2.13 bits per heavy atom. The molecule has 4 nitrogen and oxygen atoms in total. The fourth-order valence-corrected chi connectivity index (χ4v) is 4.29. The first-order valence-electron chi connectivity index (χ1n) is 11.3. The molecule has 0 bridgehead atoms. The lowest BCUT2D eigenvalue weighted by molar-refractivity contribution is 0.276. The maximum atomic E-state index is 10.5. The van der Waals surface area contributed by atoms with Gasteiger partial charge in [-0.15, -0.1) is 9.42 Å². The molecule has 0 aliphatic rings. The maximum Gasteiger partial charge on any atom is 0.694 e. The van der Waals surface area contributed by atoms with Gasteiger partial charge >= 0.3 is 8.25 Å². The number of aryl methyl sites for hydroxylation is 2. The normalized spacial score (nSPS) is 11.7. The minimum absolute atomic E-state index is 0.295. The largest absolute Gasteiger partial charge is 0.694 e. The van der Waals surface area contributed by atoms with E-state index in [1.165, 1.54) is 59.6 Å². The molecule has 0 spiro atoms. The monoisotopic (exact) mass is 438 g/mol. The highest BCUT2D eigenvalue weighted by atomic mass is 31.1. The van der Waals surface area contributed by atoms with Gasteiger partial charge in [0.05, 0.1) is 0 Å². The summed E-state index contributed by atoms with van der Waals surface area (Å²) in [6.45, 7) is 1.83. The van der Waals surface area contributed by atoms with Gasteiger partial charge in [-0.3, -0.25) is 0 Å². The summed E-state index contributed by atoms with van der Waals surface area (Å²) >= 11 is 0. The lowest BCUT2D eigenvalue weighted by atomic mass is 9.95. The molecule has 0 aliphatic heterocycles. The van der Waals surface area contributed by atoms with Crippen molar-refractivity contribution in [3.63, 3.8) is 0 Å². The van der Waals surface area contributed by atoms with Crippen molar-refractivity contribution in [3.8, 4) is 0 Å². The molecule has 0 aliphatic carbocycles. The standard InChI is InChI=1S/C26H32NO3P/c28-31(29)30-20-10-19-27-21-24-18-17-23(25-15-8-9-16-26(24)25)14-7-2-1-4-11-22-12-5-3-6-13-22/h3,5-6,8-9,12-13,15-18,27H,1-2,4,7,10-11,14,19-21H2/p+1. The minimum atomic E-state index is -2.49. The number of hydrogen-bond donors (Lipinski definition) is 2. The zero-order chi connectivity index (χ0) is 21.7. The summed E-state index contributed by atoms with van der Waals surface area (Å²) in [5.74, 6) is 0. The van der Waals surface area contributed by atoms with E-state index in [9.17, 15) is 4.57 Å². The van der Waals surface area contributed by atoms with E-state index in [2.05, 4.69) is 76.6 Å². The Morgan fingerprint density at radius 1 is 0.742 bits per heavy atom. The molecule has 0 heterocycles. The van der Waals surface area contributed by atoms with Crippen molar-refractivity contribution in [1.29, 1.82) is 0 Å². The summed E-state index contributed by atoms with van der Waals surface area (Å²) in [4.78, 5) is 8.65. The van der Waals surface area contributed by atoms with E-state index in [-0.39, 0.29) is 0 Å². The predicted molar refractivity (Wildman–Crippen MR) is 128 cm³/mol.